The molecule has 2 aliphatic heterocycles. The minimum atomic E-state index is -5.08. The van der Waals surface area contributed by atoms with E-state index in [4.69, 9.17) is 23.9 Å². The molecular weight excluding hydrogens is 405 g/mol. The average Bonchev–Trinajstić information content (AvgIpc) is 3.19. The highest BCUT2D eigenvalue weighted by atomic mass is 19.4. The first kappa shape index (κ1) is 24.6. The molecule has 0 aromatic carbocycles. The van der Waals surface area contributed by atoms with Gasteiger partial charge in [0.1, 0.15) is 5.76 Å². The number of fused-ring (bicyclic) bond motifs is 1. The predicted molar refractivity (Wildman–Crippen MR) is 102 cm³/mol. The van der Waals surface area contributed by atoms with Gasteiger partial charge < -0.3 is 19.1 Å². The van der Waals surface area contributed by atoms with E-state index in [9.17, 15) is 13.2 Å². The van der Waals surface area contributed by atoms with E-state index in [-0.39, 0.29) is 6.10 Å². The highest BCUT2D eigenvalue weighted by molar-refractivity contribution is 5.73. The zero-order chi connectivity index (χ0) is 22.5. The first-order valence-corrected chi connectivity index (χ1v) is 10.2. The first-order chi connectivity index (χ1) is 14.0. The average molecular weight is 436 g/mol. The van der Waals surface area contributed by atoms with Crippen LogP contribution in [0.25, 0.3) is 0 Å². The summed E-state index contributed by atoms with van der Waals surface area (Å²) in [6.45, 7) is 12.0. The molecule has 3 heterocycles. The van der Waals surface area contributed by atoms with Crippen LogP contribution in [0, 0.1) is 19.8 Å². The number of halogens is 3. The van der Waals surface area contributed by atoms with Crippen molar-refractivity contribution in [3.05, 3.63) is 17.0 Å². The Morgan fingerprint density at radius 3 is 2.50 bits per heavy atom. The van der Waals surface area contributed by atoms with Gasteiger partial charge in [0.15, 0.2) is 0 Å². The molecule has 2 fully saturated rings. The van der Waals surface area contributed by atoms with Gasteiger partial charge in [0.25, 0.3) is 0 Å². The van der Waals surface area contributed by atoms with E-state index < -0.39 is 12.1 Å². The van der Waals surface area contributed by atoms with Crippen molar-refractivity contribution in [3.8, 4) is 0 Å². The molecule has 0 radical (unpaired) electrons. The number of aliphatic carboxylic acids is 1. The van der Waals surface area contributed by atoms with Crippen molar-refractivity contribution in [1.29, 1.82) is 0 Å². The summed E-state index contributed by atoms with van der Waals surface area (Å²) in [5.41, 5.74) is 2.26. The van der Waals surface area contributed by atoms with Gasteiger partial charge in [-0.3, -0.25) is 4.90 Å². The number of hydrogen-bond donors (Lipinski definition) is 1. The van der Waals surface area contributed by atoms with Crippen LogP contribution in [0.3, 0.4) is 0 Å². The topological polar surface area (TPSA) is 85.0 Å². The van der Waals surface area contributed by atoms with Crippen molar-refractivity contribution < 1.29 is 37.1 Å². The second-order valence-corrected chi connectivity index (χ2v) is 8.24. The monoisotopic (exact) mass is 436 g/mol. The third-order valence-corrected chi connectivity index (χ3v) is 5.29. The van der Waals surface area contributed by atoms with Crippen molar-refractivity contribution in [1.82, 2.24) is 10.1 Å². The van der Waals surface area contributed by atoms with Gasteiger partial charge in [-0.2, -0.15) is 13.2 Å². The number of hydrogen-bond acceptors (Lipinski definition) is 6. The lowest BCUT2D eigenvalue weighted by molar-refractivity contribution is -0.192. The number of carboxylic acids is 1. The lowest BCUT2D eigenvalue weighted by atomic mass is 9.99. The zero-order valence-electron chi connectivity index (χ0n) is 17.9. The Labute approximate surface area is 174 Å². The highest BCUT2D eigenvalue weighted by Gasteiger charge is 2.40. The predicted octanol–water partition coefficient (Wildman–Crippen LogP) is 3.72. The van der Waals surface area contributed by atoms with Crippen LogP contribution in [-0.2, 0) is 20.8 Å². The Morgan fingerprint density at radius 1 is 1.30 bits per heavy atom. The Balaban J connectivity index is 0.000000396. The number of aromatic nitrogens is 1. The van der Waals surface area contributed by atoms with Gasteiger partial charge in [0.05, 0.1) is 24.5 Å². The molecule has 0 spiro atoms. The van der Waals surface area contributed by atoms with Crippen LogP contribution in [0.5, 0.6) is 0 Å². The van der Waals surface area contributed by atoms with Crippen molar-refractivity contribution in [2.75, 3.05) is 19.8 Å². The van der Waals surface area contributed by atoms with Crippen molar-refractivity contribution in [2.24, 2.45) is 5.92 Å². The van der Waals surface area contributed by atoms with Gasteiger partial charge in [-0.05, 0) is 39.0 Å². The van der Waals surface area contributed by atoms with Crippen molar-refractivity contribution in [2.45, 2.75) is 77.9 Å². The third kappa shape index (κ3) is 6.95. The second-order valence-electron chi connectivity index (χ2n) is 8.24. The summed E-state index contributed by atoms with van der Waals surface area (Å²) in [4.78, 5) is 11.4. The van der Waals surface area contributed by atoms with Crippen LogP contribution in [0.1, 0.15) is 50.1 Å². The second kappa shape index (κ2) is 10.6. The molecule has 0 unspecified atom stereocenters. The normalized spacial score (nSPS) is 24.5. The number of alkyl halides is 3. The van der Waals surface area contributed by atoms with Crippen LogP contribution < -0.4 is 0 Å². The number of likely N-dealkylation sites (tertiary alicyclic amines) is 1. The summed E-state index contributed by atoms with van der Waals surface area (Å²) in [6, 6.07) is 0.532. The summed E-state index contributed by atoms with van der Waals surface area (Å²) in [5, 5.41) is 11.2. The number of nitrogens with zero attached hydrogens (tertiary/aromatic N) is 2. The molecular formula is C20H31F3N2O5. The standard InChI is InChI=1S/C18H30N2O3.C2HF3O2/c1-12(2)10-21-11-15-5-6-17-18(22-15)7-8-20(17)9-16-13(3)19-23-14(16)4;3-2(4,5)1(6)7/h12,15,17-18H,5-11H2,1-4H3;(H,6,7)/t15-,17+,18+;/m1./s1. The minimum absolute atomic E-state index is 0.272. The van der Waals surface area contributed by atoms with E-state index in [0.717, 1.165) is 50.6 Å². The third-order valence-electron chi connectivity index (χ3n) is 5.29. The van der Waals surface area contributed by atoms with Gasteiger partial charge in [0.2, 0.25) is 0 Å². The van der Waals surface area contributed by atoms with E-state index in [1.54, 1.807) is 0 Å². The first-order valence-electron chi connectivity index (χ1n) is 10.2. The molecule has 7 nitrogen and oxygen atoms in total. The number of rotatable bonds is 6. The summed E-state index contributed by atoms with van der Waals surface area (Å²) in [5.74, 6) is -1.22. The fraction of sp³-hybridized carbons (Fsp3) is 0.800. The minimum Gasteiger partial charge on any atom is -0.475 e. The molecule has 1 aromatic heterocycles. The maximum Gasteiger partial charge on any atom is 0.490 e. The van der Waals surface area contributed by atoms with Gasteiger partial charge in [-0.15, -0.1) is 0 Å². The van der Waals surface area contributed by atoms with Crippen molar-refractivity contribution >= 4 is 5.97 Å². The fourth-order valence-corrected chi connectivity index (χ4v) is 3.77. The highest BCUT2D eigenvalue weighted by Crippen LogP contribution is 2.33. The molecule has 0 aliphatic carbocycles. The van der Waals surface area contributed by atoms with Gasteiger partial charge in [0, 0.05) is 31.3 Å². The van der Waals surface area contributed by atoms with Gasteiger partial charge in [-0.1, -0.05) is 19.0 Å². The lowest BCUT2D eigenvalue weighted by Gasteiger charge is -2.36. The fourth-order valence-electron chi connectivity index (χ4n) is 3.77. The van der Waals surface area contributed by atoms with Crippen LogP contribution in [0.4, 0.5) is 13.2 Å². The summed E-state index contributed by atoms with van der Waals surface area (Å²) < 4.78 is 49.1. The maximum atomic E-state index is 10.6. The van der Waals surface area contributed by atoms with E-state index in [2.05, 4.69) is 23.9 Å². The van der Waals surface area contributed by atoms with Gasteiger partial charge >= 0.3 is 12.1 Å². The van der Waals surface area contributed by atoms with E-state index in [1.165, 1.54) is 12.0 Å². The molecule has 10 heteroatoms. The largest absolute Gasteiger partial charge is 0.490 e. The number of carbonyl (C=O) groups is 1. The molecule has 1 N–H and O–H groups in total. The zero-order valence-corrected chi connectivity index (χ0v) is 17.9. The Kier molecular flexibility index (Phi) is 8.69. The molecule has 2 aliphatic rings. The Bertz CT molecular complexity index is 673. The summed E-state index contributed by atoms with van der Waals surface area (Å²) in [7, 11) is 0. The lowest BCUT2D eigenvalue weighted by Crippen LogP contribution is -2.43. The van der Waals surface area contributed by atoms with E-state index >= 15 is 0 Å². The SMILES string of the molecule is Cc1noc(C)c1CN1CC[C@@H]2O[C@@H](COCC(C)C)CC[C@@H]21.O=C(O)C(F)(F)F. The number of carboxylic acid groups (broad SMARTS) is 1. The molecule has 2 saturated heterocycles. The number of ether oxygens (including phenoxy) is 2. The molecule has 0 saturated carbocycles. The molecule has 30 heavy (non-hydrogen) atoms. The Morgan fingerprint density at radius 2 is 1.97 bits per heavy atom. The van der Waals surface area contributed by atoms with E-state index in [0.29, 0.717) is 18.1 Å². The quantitative estimate of drug-likeness (QED) is 0.728. The summed E-state index contributed by atoms with van der Waals surface area (Å²) >= 11 is 0. The molecule has 3 atom stereocenters. The Hall–Kier alpha value is -1.65. The maximum absolute atomic E-state index is 10.6. The molecule has 1 aromatic rings. The van der Waals surface area contributed by atoms with Gasteiger partial charge in [-0.25, -0.2) is 4.79 Å². The van der Waals surface area contributed by atoms with Crippen molar-refractivity contribution in [3.63, 3.8) is 0 Å². The smallest absolute Gasteiger partial charge is 0.475 e. The molecule has 3 rings (SSSR count). The van der Waals surface area contributed by atoms with Crippen LogP contribution in [0.15, 0.2) is 4.52 Å². The van der Waals surface area contributed by atoms with Crippen LogP contribution in [-0.4, -0.2) is 65.3 Å². The van der Waals surface area contributed by atoms with Crippen LogP contribution in [0.2, 0.25) is 0 Å². The molecule has 0 amide bonds. The number of aryl methyl sites for hydroxylation is 2. The van der Waals surface area contributed by atoms with Crippen LogP contribution >= 0.6 is 0 Å². The molecule has 0 bridgehead atoms. The summed E-state index contributed by atoms with van der Waals surface area (Å²) in [6.07, 6.45) is -1.04. The van der Waals surface area contributed by atoms with E-state index in [1.807, 2.05) is 13.8 Å². The molecule has 172 valence electrons.